The quantitative estimate of drug-likeness (QED) is 0.774. The topological polar surface area (TPSA) is 62.8 Å². The van der Waals surface area contributed by atoms with Crippen LogP contribution in [0.2, 0.25) is 0 Å². The molecule has 28 heavy (non-hydrogen) atoms. The molecular formula is C21H27N3O3S. The third-order valence-electron chi connectivity index (χ3n) is 5.32. The molecule has 2 aliphatic rings. The number of likely N-dealkylation sites (tertiary alicyclic amines) is 1. The lowest BCUT2D eigenvalue weighted by Gasteiger charge is -2.27. The Morgan fingerprint density at radius 1 is 1.18 bits per heavy atom. The minimum atomic E-state index is -0.150. The molecule has 0 radical (unpaired) electrons. The van der Waals surface area contributed by atoms with Crippen LogP contribution in [0.3, 0.4) is 0 Å². The summed E-state index contributed by atoms with van der Waals surface area (Å²) in [5, 5.41) is 8.20. The number of amides is 2. The number of ether oxygens (including phenoxy) is 2. The van der Waals surface area contributed by atoms with Crippen molar-refractivity contribution in [2.24, 2.45) is 0 Å². The average Bonchev–Trinajstić information content (AvgIpc) is 3.42. The first-order chi connectivity index (χ1) is 13.7. The lowest BCUT2D eigenvalue weighted by molar-refractivity contribution is 0.171. The van der Waals surface area contributed by atoms with E-state index in [4.69, 9.17) is 9.47 Å². The molecule has 1 aromatic carbocycles. The molecule has 1 aromatic heterocycles. The van der Waals surface area contributed by atoms with Gasteiger partial charge in [0, 0.05) is 11.4 Å². The van der Waals surface area contributed by atoms with Gasteiger partial charge < -0.3 is 20.1 Å². The molecular weight excluding hydrogens is 374 g/mol. The van der Waals surface area contributed by atoms with Crippen LogP contribution in [0.4, 0.5) is 4.79 Å². The number of benzene rings is 1. The van der Waals surface area contributed by atoms with Gasteiger partial charge in [0.25, 0.3) is 0 Å². The van der Waals surface area contributed by atoms with Gasteiger partial charge in [0.05, 0.1) is 12.1 Å². The number of hydrogen-bond donors (Lipinski definition) is 2. The maximum atomic E-state index is 12.5. The van der Waals surface area contributed by atoms with Gasteiger partial charge in [0.15, 0.2) is 11.5 Å². The van der Waals surface area contributed by atoms with Crippen LogP contribution >= 0.6 is 11.3 Å². The van der Waals surface area contributed by atoms with Gasteiger partial charge >= 0.3 is 6.03 Å². The molecule has 7 heteroatoms. The zero-order valence-electron chi connectivity index (χ0n) is 16.1. The van der Waals surface area contributed by atoms with E-state index in [9.17, 15) is 4.79 Å². The van der Waals surface area contributed by atoms with Crippen LogP contribution in [0, 0.1) is 0 Å². The summed E-state index contributed by atoms with van der Waals surface area (Å²) in [6.45, 7) is 5.91. The predicted molar refractivity (Wildman–Crippen MR) is 110 cm³/mol. The number of carbonyl (C=O) groups is 1. The first-order valence-corrected chi connectivity index (χ1v) is 10.8. The number of nitrogens with zero attached hydrogens (tertiary/aromatic N) is 1. The van der Waals surface area contributed by atoms with Gasteiger partial charge in [-0.2, -0.15) is 0 Å². The minimum absolute atomic E-state index is 0.122. The van der Waals surface area contributed by atoms with E-state index in [1.54, 1.807) is 11.3 Å². The number of fused-ring (bicyclic) bond motifs is 1. The number of thiophene rings is 1. The molecule has 0 bridgehead atoms. The lowest BCUT2D eigenvalue weighted by Crippen LogP contribution is -2.42. The molecule has 2 atom stereocenters. The second-order valence-electron chi connectivity index (χ2n) is 7.25. The second kappa shape index (κ2) is 8.84. The van der Waals surface area contributed by atoms with E-state index >= 15 is 0 Å². The SMILES string of the molecule is CC(NC(=O)NCC(c1cccs1)N1CCCC1)c1ccc2c(c1)OCCO2. The Morgan fingerprint density at radius 2 is 1.96 bits per heavy atom. The molecule has 0 saturated carbocycles. The van der Waals surface area contributed by atoms with Gasteiger partial charge in [0.1, 0.15) is 13.2 Å². The molecule has 2 amide bonds. The van der Waals surface area contributed by atoms with Gasteiger partial charge in [0.2, 0.25) is 0 Å². The van der Waals surface area contributed by atoms with Gasteiger partial charge in [-0.3, -0.25) is 4.90 Å². The molecule has 2 aromatic rings. The molecule has 4 rings (SSSR count). The van der Waals surface area contributed by atoms with Gasteiger partial charge in [-0.05, 0) is 62.0 Å². The normalized spacial score (nSPS) is 18.5. The van der Waals surface area contributed by atoms with Crippen LogP contribution in [0.25, 0.3) is 0 Å². The van der Waals surface area contributed by atoms with Crippen molar-refractivity contribution in [1.29, 1.82) is 0 Å². The Balaban J connectivity index is 1.34. The fourth-order valence-electron chi connectivity index (χ4n) is 3.79. The monoisotopic (exact) mass is 401 g/mol. The maximum absolute atomic E-state index is 12.5. The van der Waals surface area contributed by atoms with Gasteiger partial charge in [-0.25, -0.2) is 4.79 Å². The summed E-state index contributed by atoms with van der Waals surface area (Å²) < 4.78 is 11.2. The molecule has 3 heterocycles. The summed E-state index contributed by atoms with van der Waals surface area (Å²) in [4.78, 5) is 16.3. The summed E-state index contributed by atoms with van der Waals surface area (Å²) in [5.41, 5.74) is 0.994. The van der Waals surface area contributed by atoms with Crippen molar-refractivity contribution >= 4 is 17.4 Å². The van der Waals surface area contributed by atoms with Crippen LogP contribution in [-0.4, -0.2) is 43.8 Å². The molecule has 0 aliphatic carbocycles. The van der Waals surface area contributed by atoms with E-state index in [2.05, 4.69) is 33.0 Å². The predicted octanol–water partition coefficient (Wildman–Crippen LogP) is 3.72. The largest absolute Gasteiger partial charge is 0.486 e. The average molecular weight is 402 g/mol. The van der Waals surface area contributed by atoms with Gasteiger partial charge in [-0.1, -0.05) is 12.1 Å². The molecule has 6 nitrogen and oxygen atoms in total. The third-order valence-corrected chi connectivity index (χ3v) is 6.30. The standard InChI is InChI=1S/C21H27N3O3S/c1-15(16-6-7-18-19(13-16)27-11-10-26-18)23-21(25)22-14-17(20-5-4-12-28-20)24-8-2-3-9-24/h4-7,12-13,15,17H,2-3,8-11,14H2,1H3,(H2,22,23,25). The molecule has 2 N–H and O–H groups in total. The first kappa shape index (κ1) is 19.1. The van der Waals surface area contributed by atoms with Crippen molar-refractivity contribution in [3.05, 3.63) is 46.2 Å². The molecule has 0 spiro atoms. The van der Waals surface area contributed by atoms with E-state index < -0.39 is 0 Å². The summed E-state index contributed by atoms with van der Waals surface area (Å²) >= 11 is 1.75. The Bertz CT molecular complexity index is 790. The van der Waals surface area contributed by atoms with Crippen molar-refractivity contribution < 1.29 is 14.3 Å². The first-order valence-electron chi connectivity index (χ1n) is 9.92. The van der Waals surface area contributed by atoms with E-state index in [1.165, 1.54) is 17.7 Å². The Morgan fingerprint density at radius 3 is 2.71 bits per heavy atom. The van der Waals surface area contributed by atoms with E-state index in [0.717, 1.165) is 30.2 Å². The zero-order chi connectivity index (χ0) is 19.3. The van der Waals surface area contributed by atoms with Crippen molar-refractivity contribution in [2.45, 2.75) is 31.8 Å². The highest BCUT2D eigenvalue weighted by molar-refractivity contribution is 7.10. The fraction of sp³-hybridized carbons (Fsp3) is 0.476. The Kier molecular flexibility index (Phi) is 6.02. The summed E-state index contributed by atoms with van der Waals surface area (Å²) in [6.07, 6.45) is 2.46. The molecule has 2 unspecified atom stereocenters. The smallest absolute Gasteiger partial charge is 0.315 e. The van der Waals surface area contributed by atoms with E-state index in [-0.39, 0.29) is 18.1 Å². The number of nitrogens with one attached hydrogen (secondary N) is 2. The van der Waals surface area contributed by atoms with Crippen LogP contribution in [0.1, 0.15) is 42.3 Å². The molecule has 150 valence electrons. The van der Waals surface area contributed by atoms with Crippen molar-refractivity contribution in [3.63, 3.8) is 0 Å². The summed E-state index contributed by atoms with van der Waals surface area (Å²) in [7, 11) is 0. The van der Waals surface area contributed by atoms with Crippen molar-refractivity contribution in [1.82, 2.24) is 15.5 Å². The highest BCUT2D eigenvalue weighted by atomic mass is 32.1. The minimum Gasteiger partial charge on any atom is -0.486 e. The summed E-state index contributed by atoms with van der Waals surface area (Å²) in [5.74, 6) is 1.50. The van der Waals surface area contributed by atoms with Crippen molar-refractivity contribution in [3.8, 4) is 11.5 Å². The zero-order valence-corrected chi connectivity index (χ0v) is 17.0. The molecule has 2 aliphatic heterocycles. The van der Waals surface area contributed by atoms with E-state index in [1.807, 2.05) is 25.1 Å². The Hall–Kier alpha value is -2.25. The third kappa shape index (κ3) is 4.42. The van der Waals surface area contributed by atoms with E-state index in [0.29, 0.717) is 19.8 Å². The maximum Gasteiger partial charge on any atom is 0.315 e. The fourth-order valence-corrected chi connectivity index (χ4v) is 4.65. The van der Waals surface area contributed by atoms with Crippen molar-refractivity contribution in [2.75, 3.05) is 32.8 Å². The molecule has 1 fully saturated rings. The lowest BCUT2D eigenvalue weighted by atomic mass is 10.1. The number of carbonyl (C=O) groups excluding carboxylic acids is 1. The number of hydrogen-bond acceptors (Lipinski definition) is 5. The number of urea groups is 1. The second-order valence-corrected chi connectivity index (χ2v) is 8.23. The highest BCUT2D eigenvalue weighted by Crippen LogP contribution is 2.32. The van der Waals surface area contributed by atoms with Crippen LogP contribution in [-0.2, 0) is 0 Å². The molecule has 1 saturated heterocycles. The van der Waals surface area contributed by atoms with Crippen LogP contribution < -0.4 is 20.1 Å². The van der Waals surface area contributed by atoms with Crippen LogP contribution in [0.5, 0.6) is 11.5 Å². The van der Waals surface area contributed by atoms with Crippen LogP contribution in [0.15, 0.2) is 35.7 Å². The van der Waals surface area contributed by atoms with Gasteiger partial charge in [-0.15, -0.1) is 11.3 Å². The Labute approximate surface area is 169 Å². The highest BCUT2D eigenvalue weighted by Gasteiger charge is 2.25. The number of rotatable bonds is 6. The summed E-state index contributed by atoms with van der Waals surface area (Å²) in [6, 6.07) is 10.0.